The fraction of sp³-hybridized carbons (Fsp3) is 0.552. The monoisotopic (exact) mass is 511 g/mol. The Kier molecular flexibility index (Phi) is 7.47. The van der Waals surface area contributed by atoms with E-state index in [4.69, 9.17) is 16.3 Å². The zero-order chi connectivity index (χ0) is 25.3. The van der Waals surface area contributed by atoms with Crippen molar-refractivity contribution in [2.24, 2.45) is 5.92 Å². The van der Waals surface area contributed by atoms with Gasteiger partial charge in [-0.05, 0) is 107 Å². The Bertz CT molecular complexity index is 1070. The molecule has 0 bridgehead atoms. The van der Waals surface area contributed by atoms with Crippen molar-refractivity contribution >= 4 is 23.2 Å². The molecule has 2 fully saturated rings. The third-order valence-corrected chi connectivity index (χ3v) is 8.17. The molecule has 0 spiro atoms. The van der Waals surface area contributed by atoms with Crippen LogP contribution in [0.2, 0.25) is 5.02 Å². The molecule has 5 rings (SSSR count). The normalized spacial score (nSPS) is 23.1. The number of nitrogens with one attached hydrogen (secondary N) is 1. The number of benzene rings is 2. The molecular formula is C29H38ClN3O3. The third kappa shape index (κ3) is 5.82. The molecule has 36 heavy (non-hydrogen) atoms. The second kappa shape index (κ2) is 10.6. The minimum atomic E-state index is -0.774. The summed E-state index contributed by atoms with van der Waals surface area (Å²) in [5.41, 5.74) is 2.89. The van der Waals surface area contributed by atoms with E-state index in [-0.39, 0.29) is 23.5 Å². The number of hydrogen-bond donors (Lipinski definition) is 2. The number of aliphatic hydroxyl groups excluding tert-OH is 1. The summed E-state index contributed by atoms with van der Waals surface area (Å²) in [6, 6.07) is 13.4. The smallest absolute Gasteiger partial charge is 0.225 e. The maximum atomic E-state index is 13.4. The first-order valence-corrected chi connectivity index (χ1v) is 13.7. The van der Waals surface area contributed by atoms with Crippen LogP contribution in [-0.4, -0.2) is 60.3 Å². The Balaban J connectivity index is 1.28. The summed E-state index contributed by atoms with van der Waals surface area (Å²) in [5.74, 6) is 0.821. The molecule has 0 aliphatic carbocycles. The summed E-state index contributed by atoms with van der Waals surface area (Å²) in [6.07, 6.45) is 4.23. The Morgan fingerprint density at radius 1 is 1.17 bits per heavy atom. The van der Waals surface area contributed by atoms with Crippen LogP contribution in [0.15, 0.2) is 42.5 Å². The molecule has 1 unspecified atom stereocenters. The van der Waals surface area contributed by atoms with E-state index in [2.05, 4.69) is 35.0 Å². The van der Waals surface area contributed by atoms with Gasteiger partial charge < -0.3 is 25.0 Å². The van der Waals surface area contributed by atoms with E-state index < -0.39 is 6.10 Å². The lowest BCUT2D eigenvalue weighted by atomic mass is 9.91. The zero-order valence-electron chi connectivity index (χ0n) is 21.4. The van der Waals surface area contributed by atoms with Crippen LogP contribution in [0.5, 0.6) is 5.75 Å². The molecule has 2 saturated heterocycles. The van der Waals surface area contributed by atoms with Crippen LogP contribution in [0.1, 0.15) is 56.8 Å². The molecule has 1 amide bonds. The molecule has 6 nitrogen and oxygen atoms in total. The number of amides is 1. The summed E-state index contributed by atoms with van der Waals surface area (Å²) >= 11 is 6.04. The predicted octanol–water partition coefficient (Wildman–Crippen LogP) is 4.58. The quantitative estimate of drug-likeness (QED) is 0.569. The van der Waals surface area contributed by atoms with Gasteiger partial charge in [-0.15, -0.1) is 0 Å². The fourth-order valence-electron chi connectivity index (χ4n) is 5.72. The van der Waals surface area contributed by atoms with Crippen molar-refractivity contribution < 1.29 is 14.6 Å². The van der Waals surface area contributed by atoms with Crippen LogP contribution in [0.4, 0.5) is 5.69 Å². The number of carbonyl (C=O) groups is 1. The number of aliphatic hydroxyl groups is 1. The lowest BCUT2D eigenvalue weighted by Crippen LogP contribution is -2.48. The Hall–Kier alpha value is -2.28. The van der Waals surface area contributed by atoms with E-state index >= 15 is 0 Å². The van der Waals surface area contributed by atoms with Crippen LogP contribution in [0, 0.1) is 5.92 Å². The largest absolute Gasteiger partial charge is 0.488 e. The maximum Gasteiger partial charge on any atom is 0.225 e. The van der Waals surface area contributed by atoms with Gasteiger partial charge in [-0.1, -0.05) is 17.7 Å². The van der Waals surface area contributed by atoms with Gasteiger partial charge >= 0.3 is 0 Å². The first-order valence-electron chi connectivity index (χ1n) is 13.3. The van der Waals surface area contributed by atoms with Crippen molar-refractivity contribution in [3.8, 4) is 5.75 Å². The van der Waals surface area contributed by atoms with Gasteiger partial charge in [0, 0.05) is 30.3 Å². The molecule has 3 aliphatic heterocycles. The van der Waals surface area contributed by atoms with E-state index in [1.165, 1.54) is 12.8 Å². The molecule has 7 heteroatoms. The minimum Gasteiger partial charge on any atom is -0.488 e. The summed E-state index contributed by atoms with van der Waals surface area (Å²) in [7, 11) is 0. The van der Waals surface area contributed by atoms with E-state index in [0.717, 1.165) is 61.5 Å². The van der Waals surface area contributed by atoms with Crippen molar-refractivity contribution in [2.45, 2.75) is 63.7 Å². The van der Waals surface area contributed by atoms with Crippen LogP contribution in [0.25, 0.3) is 0 Å². The number of likely N-dealkylation sites (tertiary alicyclic amines) is 1. The Morgan fingerprint density at radius 3 is 2.67 bits per heavy atom. The molecule has 2 N–H and O–H groups in total. The number of anilines is 1. The highest BCUT2D eigenvalue weighted by Gasteiger charge is 2.34. The summed E-state index contributed by atoms with van der Waals surface area (Å²) < 4.78 is 6.14. The van der Waals surface area contributed by atoms with E-state index in [9.17, 15) is 9.90 Å². The molecular weight excluding hydrogens is 474 g/mol. The van der Waals surface area contributed by atoms with Crippen molar-refractivity contribution in [1.82, 2.24) is 10.2 Å². The van der Waals surface area contributed by atoms with E-state index in [1.54, 1.807) is 0 Å². The topological polar surface area (TPSA) is 65.0 Å². The highest BCUT2D eigenvalue weighted by molar-refractivity contribution is 6.30. The second-order valence-electron chi connectivity index (χ2n) is 11.2. The average Bonchev–Trinajstić information content (AvgIpc) is 3.55. The first kappa shape index (κ1) is 25.4. The second-order valence-corrected chi connectivity index (χ2v) is 11.6. The lowest BCUT2D eigenvalue weighted by molar-refractivity contribution is -0.126. The highest BCUT2D eigenvalue weighted by Crippen LogP contribution is 2.35. The number of fused-ring (bicyclic) bond motifs is 1. The standard InChI is InChI=1S/C29H38ClN3O3/c1-29(2)13-11-20-17-21(5-10-26(20)36-29)27(34)25(19-32-14-3-4-15-32)31-28(35)22-12-16-33(18-22)24-8-6-23(30)7-9-24/h5-10,17,22,25,27,34H,3-4,11-16,18-19H2,1-2H3,(H,31,35)/t22?,25-,27-/m1/s1. The van der Waals surface area contributed by atoms with Gasteiger partial charge in [-0.2, -0.15) is 0 Å². The number of hydrogen-bond acceptors (Lipinski definition) is 5. The van der Waals surface area contributed by atoms with Gasteiger partial charge in [-0.3, -0.25) is 4.79 Å². The number of rotatable bonds is 7. The SMILES string of the molecule is CC1(C)CCc2cc([C@@H](O)[C@@H](CN3CCCC3)NC(=O)C3CCN(c4ccc(Cl)cc4)C3)ccc2O1. The van der Waals surface area contributed by atoms with Gasteiger partial charge in [0.25, 0.3) is 0 Å². The van der Waals surface area contributed by atoms with E-state index in [0.29, 0.717) is 18.1 Å². The predicted molar refractivity (Wildman–Crippen MR) is 144 cm³/mol. The number of aryl methyl sites for hydroxylation is 1. The van der Waals surface area contributed by atoms with Crippen LogP contribution in [0.3, 0.4) is 0 Å². The van der Waals surface area contributed by atoms with Crippen molar-refractivity contribution in [3.05, 3.63) is 58.6 Å². The highest BCUT2D eigenvalue weighted by atomic mass is 35.5. The number of carbonyl (C=O) groups excluding carboxylic acids is 1. The first-order chi connectivity index (χ1) is 17.3. The average molecular weight is 512 g/mol. The van der Waals surface area contributed by atoms with Gasteiger partial charge in [-0.25, -0.2) is 0 Å². The zero-order valence-corrected chi connectivity index (χ0v) is 22.1. The van der Waals surface area contributed by atoms with E-state index in [1.807, 2.05) is 36.4 Å². The van der Waals surface area contributed by atoms with Gasteiger partial charge in [0.2, 0.25) is 5.91 Å². The molecule has 3 heterocycles. The number of nitrogens with zero attached hydrogens (tertiary/aromatic N) is 2. The van der Waals surface area contributed by atoms with Crippen LogP contribution >= 0.6 is 11.6 Å². The molecule has 2 aromatic carbocycles. The molecule has 3 atom stereocenters. The summed E-state index contributed by atoms with van der Waals surface area (Å²) in [5, 5.41) is 15.4. The number of halogens is 1. The molecule has 0 radical (unpaired) electrons. The minimum absolute atomic E-state index is 0.0257. The molecule has 3 aliphatic rings. The van der Waals surface area contributed by atoms with Crippen LogP contribution < -0.4 is 15.0 Å². The summed E-state index contributed by atoms with van der Waals surface area (Å²) in [4.78, 5) is 18.0. The molecule has 0 saturated carbocycles. The molecule has 2 aromatic rings. The van der Waals surface area contributed by atoms with Crippen molar-refractivity contribution in [1.29, 1.82) is 0 Å². The third-order valence-electron chi connectivity index (χ3n) is 7.92. The summed E-state index contributed by atoms with van der Waals surface area (Å²) in [6.45, 7) is 8.40. The van der Waals surface area contributed by atoms with Crippen molar-refractivity contribution in [3.63, 3.8) is 0 Å². The van der Waals surface area contributed by atoms with Crippen molar-refractivity contribution in [2.75, 3.05) is 37.6 Å². The molecule has 194 valence electrons. The van der Waals surface area contributed by atoms with Gasteiger partial charge in [0.05, 0.1) is 12.0 Å². The Labute approximate surface area is 219 Å². The van der Waals surface area contributed by atoms with Gasteiger partial charge in [0.15, 0.2) is 0 Å². The maximum absolute atomic E-state index is 13.4. The molecule has 0 aromatic heterocycles. The van der Waals surface area contributed by atoms with Gasteiger partial charge in [0.1, 0.15) is 17.5 Å². The Morgan fingerprint density at radius 2 is 1.92 bits per heavy atom. The number of ether oxygens (including phenoxy) is 1. The fourth-order valence-corrected chi connectivity index (χ4v) is 5.85. The van der Waals surface area contributed by atoms with Crippen LogP contribution in [-0.2, 0) is 11.2 Å². The lowest BCUT2D eigenvalue weighted by Gasteiger charge is -2.34.